The van der Waals surface area contributed by atoms with Gasteiger partial charge in [-0.2, -0.15) is 5.48 Å². The SMILES string of the molecule is COc1cc(F)c(NC(=O)NOC(=O)c2sccc2C(=O)O)cc1OCc1c(F)c(F)cc2cccnc12. The van der Waals surface area contributed by atoms with Crippen molar-refractivity contribution >= 4 is 45.9 Å². The van der Waals surface area contributed by atoms with Gasteiger partial charge in [0.2, 0.25) is 0 Å². The van der Waals surface area contributed by atoms with Crippen molar-refractivity contribution in [1.82, 2.24) is 10.5 Å². The molecule has 3 N–H and O–H groups in total. The second-order valence-corrected chi connectivity index (χ2v) is 8.33. The molecule has 2 aromatic carbocycles. The number of hydrogen-bond donors (Lipinski definition) is 3. The van der Waals surface area contributed by atoms with Crippen LogP contribution in [-0.4, -0.2) is 35.2 Å². The molecular weight excluding hydrogens is 531 g/mol. The van der Waals surface area contributed by atoms with E-state index in [-0.39, 0.29) is 33.0 Å². The van der Waals surface area contributed by atoms with Crippen LogP contribution in [0.1, 0.15) is 25.6 Å². The number of nitrogens with zero attached hydrogens (tertiary/aromatic N) is 1. The van der Waals surface area contributed by atoms with Crippen molar-refractivity contribution < 1.29 is 47.0 Å². The number of carbonyl (C=O) groups is 3. The highest BCUT2D eigenvalue weighted by atomic mass is 32.1. The average Bonchev–Trinajstić information content (AvgIpc) is 3.40. The molecule has 0 saturated heterocycles. The Balaban J connectivity index is 1.49. The summed E-state index contributed by atoms with van der Waals surface area (Å²) >= 11 is 0.784. The standard InChI is InChI=1S/C24H16F3N3O7S/c1-35-17-8-14(25)16(29-24(34)30-37-23(33)21-12(22(31)32)4-6-38-21)9-18(17)36-10-13-19(27)15(26)7-11-3-2-5-28-20(11)13/h2-9H,10H2,1H3,(H,31,32)(H2,29,30,34). The minimum Gasteiger partial charge on any atom is -0.493 e. The quantitative estimate of drug-likeness (QED) is 0.278. The number of halogens is 3. The molecule has 4 rings (SSSR count). The molecular formula is C24H16F3N3O7S. The van der Waals surface area contributed by atoms with E-state index in [2.05, 4.69) is 15.1 Å². The van der Waals surface area contributed by atoms with Gasteiger partial charge in [0.1, 0.15) is 11.5 Å². The van der Waals surface area contributed by atoms with E-state index in [1.165, 1.54) is 24.8 Å². The van der Waals surface area contributed by atoms with Crippen molar-refractivity contribution in [2.24, 2.45) is 0 Å². The molecule has 0 radical (unpaired) electrons. The number of ether oxygens (including phenoxy) is 2. The minimum absolute atomic E-state index is 0.118. The molecule has 0 fully saturated rings. The van der Waals surface area contributed by atoms with Crippen LogP contribution in [0.2, 0.25) is 0 Å². The fourth-order valence-electron chi connectivity index (χ4n) is 3.34. The number of hydroxylamine groups is 1. The topological polar surface area (TPSA) is 136 Å². The Morgan fingerprint density at radius 2 is 1.87 bits per heavy atom. The van der Waals surface area contributed by atoms with Gasteiger partial charge in [0.15, 0.2) is 29.0 Å². The number of rotatable bonds is 7. The van der Waals surface area contributed by atoms with E-state index >= 15 is 0 Å². The maximum absolute atomic E-state index is 14.6. The second-order valence-electron chi connectivity index (χ2n) is 7.41. The monoisotopic (exact) mass is 547 g/mol. The summed E-state index contributed by atoms with van der Waals surface area (Å²) in [6, 6.07) is 5.98. The van der Waals surface area contributed by atoms with Crippen molar-refractivity contribution in [2.45, 2.75) is 6.61 Å². The summed E-state index contributed by atoms with van der Waals surface area (Å²) in [5.41, 5.74) is 0.929. The minimum atomic E-state index is -1.36. The number of urea groups is 1. The number of fused-ring (bicyclic) bond motifs is 1. The van der Waals surface area contributed by atoms with Gasteiger partial charge < -0.3 is 24.7 Å². The van der Waals surface area contributed by atoms with Gasteiger partial charge in [-0.25, -0.2) is 27.6 Å². The third kappa shape index (κ3) is 5.44. The lowest BCUT2D eigenvalue weighted by Gasteiger charge is -2.15. The third-order valence-corrected chi connectivity index (χ3v) is 5.97. The fourth-order valence-corrected chi connectivity index (χ4v) is 4.10. The smallest absolute Gasteiger partial charge is 0.373 e. The van der Waals surface area contributed by atoms with Crippen LogP contribution in [-0.2, 0) is 11.4 Å². The second kappa shape index (κ2) is 11.0. The van der Waals surface area contributed by atoms with Gasteiger partial charge >= 0.3 is 18.0 Å². The van der Waals surface area contributed by atoms with Gasteiger partial charge in [0.25, 0.3) is 0 Å². The molecule has 0 spiro atoms. The lowest BCUT2D eigenvalue weighted by atomic mass is 10.1. The summed E-state index contributed by atoms with van der Waals surface area (Å²) < 4.78 is 53.8. The Hall–Kier alpha value is -4.85. The predicted molar refractivity (Wildman–Crippen MR) is 128 cm³/mol. The van der Waals surface area contributed by atoms with E-state index in [4.69, 9.17) is 14.6 Å². The van der Waals surface area contributed by atoms with Crippen molar-refractivity contribution in [3.8, 4) is 11.5 Å². The maximum atomic E-state index is 14.6. The third-order valence-electron chi connectivity index (χ3n) is 5.07. The number of methoxy groups -OCH3 is 1. The van der Waals surface area contributed by atoms with E-state index in [1.807, 2.05) is 0 Å². The molecule has 0 bridgehead atoms. The summed E-state index contributed by atoms with van der Waals surface area (Å²) in [4.78, 5) is 43.7. The number of amides is 2. The van der Waals surface area contributed by atoms with Crippen LogP contribution in [0.25, 0.3) is 10.9 Å². The molecule has 10 nitrogen and oxygen atoms in total. The zero-order chi connectivity index (χ0) is 27.4. The van der Waals surface area contributed by atoms with E-state index in [0.717, 1.165) is 29.5 Å². The number of pyridine rings is 1. The summed E-state index contributed by atoms with van der Waals surface area (Å²) in [6.07, 6.45) is 1.40. The predicted octanol–water partition coefficient (Wildman–Crippen LogP) is 4.89. The molecule has 196 valence electrons. The van der Waals surface area contributed by atoms with E-state index in [9.17, 15) is 27.6 Å². The van der Waals surface area contributed by atoms with Crippen molar-refractivity contribution in [1.29, 1.82) is 0 Å². The van der Waals surface area contributed by atoms with Gasteiger partial charge in [-0.1, -0.05) is 6.07 Å². The number of thiophene rings is 1. The zero-order valence-corrected chi connectivity index (χ0v) is 20.0. The van der Waals surface area contributed by atoms with E-state index in [0.29, 0.717) is 5.39 Å². The van der Waals surface area contributed by atoms with Gasteiger partial charge in [-0.05, 0) is 23.6 Å². The molecule has 14 heteroatoms. The van der Waals surface area contributed by atoms with Crippen LogP contribution < -0.4 is 20.3 Å². The Bertz CT molecular complexity index is 1560. The summed E-state index contributed by atoms with van der Waals surface area (Å²) in [6.45, 7) is -0.519. The molecule has 0 aliphatic carbocycles. The number of anilines is 1. The number of carboxylic acid groups (broad SMARTS) is 1. The van der Waals surface area contributed by atoms with Crippen molar-refractivity contribution in [3.63, 3.8) is 0 Å². The highest BCUT2D eigenvalue weighted by molar-refractivity contribution is 7.12. The molecule has 0 saturated carbocycles. The van der Waals surface area contributed by atoms with E-state index < -0.39 is 47.7 Å². The Kier molecular flexibility index (Phi) is 7.62. The van der Waals surface area contributed by atoms with Crippen LogP contribution in [0.15, 0.2) is 48.0 Å². The van der Waals surface area contributed by atoms with Gasteiger partial charge in [-0.3, -0.25) is 4.98 Å². The average molecular weight is 547 g/mol. The Labute approximate surface area is 215 Å². The first-order valence-corrected chi connectivity index (χ1v) is 11.4. The molecule has 38 heavy (non-hydrogen) atoms. The van der Waals surface area contributed by atoms with Crippen LogP contribution in [0.4, 0.5) is 23.7 Å². The van der Waals surface area contributed by atoms with Crippen LogP contribution >= 0.6 is 11.3 Å². The summed E-state index contributed by atoms with van der Waals surface area (Å²) in [5, 5.41) is 12.8. The summed E-state index contributed by atoms with van der Waals surface area (Å²) in [5.74, 6) is -6.02. The number of aromatic nitrogens is 1. The number of carboxylic acids is 1. The number of benzene rings is 2. The normalized spacial score (nSPS) is 10.6. The number of carbonyl (C=O) groups excluding carboxylic acids is 2. The molecule has 2 aromatic heterocycles. The highest BCUT2D eigenvalue weighted by Crippen LogP contribution is 2.34. The zero-order valence-electron chi connectivity index (χ0n) is 19.2. The first kappa shape index (κ1) is 26.2. The molecule has 0 aliphatic heterocycles. The Morgan fingerprint density at radius 1 is 1.08 bits per heavy atom. The Morgan fingerprint density at radius 3 is 2.61 bits per heavy atom. The molecule has 2 amide bonds. The lowest BCUT2D eigenvalue weighted by Crippen LogP contribution is -2.31. The fraction of sp³-hybridized carbons (Fsp3) is 0.0833. The van der Waals surface area contributed by atoms with Crippen molar-refractivity contribution in [3.05, 3.63) is 81.4 Å². The van der Waals surface area contributed by atoms with Crippen LogP contribution in [0.5, 0.6) is 11.5 Å². The largest absolute Gasteiger partial charge is 0.493 e. The van der Waals surface area contributed by atoms with Crippen LogP contribution in [0, 0.1) is 17.5 Å². The number of aromatic carboxylic acids is 1. The van der Waals surface area contributed by atoms with Gasteiger partial charge in [0.05, 0.1) is 29.4 Å². The number of hydrogen-bond acceptors (Lipinski definition) is 8. The summed E-state index contributed by atoms with van der Waals surface area (Å²) in [7, 11) is 1.22. The molecule has 0 unspecified atom stereocenters. The first-order chi connectivity index (χ1) is 18.2. The highest BCUT2D eigenvalue weighted by Gasteiger charge is 2.22. The van der Waals surface area contributed by atoms with Gasteiger partial charge in [0, 0.05) is 23.7 Å². The molecule has 0 aliphatic rings. The van der Waals surface area contributed by atoms with Gasteiger partial charge in [-0.15, -0.1) is 11.3 Å². The number of nitrogens with one attached hydrogen (secondary N) is 2. The first-order valence-electron chi connectivity index (χ1n) is 10.5. The van der Waals surface area contributed by atoms with E-state index in [1.54, 1.807) is 17.6 Å². The molecule has 2 heterocycles. The molecule has 0 atom stereocenters. The molecule has 4 aromatic rings. The maximum Gasteiger partial charge on any atom is 0.373 e. The lowest BCUT2D eigenvalue weighted by molar-refractivity contribution is 0.0340. The van der Waals surface area contributed by atoms with Crippen molar-refractivity contribution in [2.75, 3.05) is 12.4 Å². The van der Waals surface area contributed by atoms with Crippen LogP contribution in [0.3, 0.4) is 0 Å².